The highest BCUT2D eigenvalue weighted by Gasteiger charge is 2.31. The molecule has 0 aromatic heterocycles. The number of nitrogens with zero attached hydrogens (tertiary/aromatic N) is 1. The van der Waals surface area contributed by atoms with Gasteiger partial charge in [0, 0.05) is 18.5 Å². The fourth-order valence-electron chi connectivity index (χ4n) is 2.74. The zero-order valence-corrected chi connectivity index (χ0v) is 12.2. The summed E-state index contributed by atoms with van der Waals surface area (Å²) in [6.45, 7) is 1.78. The second-order valence-corrected chi connectivity index (χ2v) is 5.32. The minimum Gasteiger partial charge on any atom is -0.307 e. The predicted molar refractivity (Wildman–Crippen MR) is 78.1 cm³/mol. The van der Waals surface area contributed by atoms with Crippen molar-refractivity contribution in [2.45, 2.75) is 13.3 Å². The summed E-state index contributed by atoms with van der Waals surface area (Å²) in [5.74, 6) is -5.48. The van der Waals surface area contributed by atoms with Gasteiger partial charge in [0.05, 0.1) is 11.3 Å². The van der Waals surface area contributed by atoms with Gasteiger partial charge in [0.2, 0.25) is 0 Å². The number of carbonyl (C=O) groups is 2. The number of aryl methyl sites for hydroxylation is 1. The lowest BCUT2D eigenvalue weighted by Gasteiger charge is -2.30. The molecule has 1 heterocycles. The van der Waals surface area contributed by atoms with Crippen LogP contribution in [0.2, 0.25) is 0 Å². The molecule has 1 aliphatic rings. The molecule has 0 spiro atoms. The summed E-state index contributed by atoms with van der Waals surface area (Å²) in [4.78, 5) is 25.8. The van der Waals surface area contributed by atoms with Crippen LogP contribution in [0.5, 0.6) is 0 Å². The Morgan fingerprint density at radius 2 is 1.83 bits per heavy atom. The Morgan fingerprint density at radius 3 is 2.57 bits per heavy atom. The maximum Gasteiger partial charge on any atom is 0.261 e. The molecule has 2 aromatic carbocycles. The van der Waals surface area contributed by atoms with Gasteiger partial charge in [-0.1, -0.05) is 12.1 Å². The van der Waals surface area contributed by atoms with E-state index in [4.69, 9.17) is 0 Å². The van der Waals surface area contributed by atoms with Crippen LogP contribution in [-0.4, -0.2) is 18.2 Å². The molecule has 6 heteroatoms. The minimum absolute atomic E-state index is 0.0634. The molecule has 0 N–H and O–H groups in total. The molecule has 0 saturated carbocycles. The summed E-state index contributed by atoms with van der Waals surface area (Å²) in [5, 5.41) is 0. The molecule has 0 fully saturated rings. The van der Waals surface area contributed by atoms with Crippen molar-refractivity contribution < 1.29 is 22.8 Å². The number of anilines is 1. The first-order valence-electron chi connectivity index (χ1n) is 7.00. The van der Waals surface area contributed by atoms with Gasteiger partial charge >= 0.3 is 0 Å². The maximum absolute atomic E-state index is 13.9. The molecule has 0 radical (unpaired) electrons. The third kappa shape index (κ3) is 2.40. The molecular formula is C17H12F3NO2. The zero-order chi connectivity index (χ0) is 16.7. The van der Waals surface area contributed by atoms with Gasteiger partial charge in [-0.2, -0.15) is 0 Å². The van der Waals surface area contributed by atoms with Gasteiger partial charge in [-0.3, -0.25) is 9.59 Å². The van der Waals surface area contributed by atoms with E-state index < -0.39 is 28.9 Å². The third-order valence-corrected chi connectivity index (χ3v) is 3.88. The van der Waals surface area contributed by atoms with Gasteiger partial charge in [0.15, 0.2) is 23.2 Å². The average molecular weight is 319 g/mol. The second kappa shape index (κ2) is 5.53. The molecule has 1 aliphatic heterocycles. The lowest BCUT2D eigenvalue weighted by molar-refractivity contribution is 0.0952. The van der Waals surface area contributed by atoms with Crippen LogP contribution in [0.1, 0.15) is 32.7 Å². The lowest BCUT2D eigenvalue weighted by Crippen LogP contribution is -2.38. The van der Waals surface area contributed by atoms with Crippen LogP contribution in [0, 0.1) is 24.4 Å². The smallest absolute Gasteiger partial charge is 0.261 e. The van der Waals surface area contributed by atoms with E-state index in [9.17, 15) is 22.8 Å². The van der Waals surface area contributed by atoms with Gasteiger partial charge in [-0.15, -0.1) is 0 Å². The number of para-hydroxylation sites is 1. The summed E-state index contributed by atoms with van der Waals surface area (Å²) in [6, 6.07) is 6.62. The van der Waals surface area contributed by atoms with E-state index in [0.29, 0.717) is 22.9 Å². The van der Waals surface area contributed by atoms with Crippen molar-refractivity contribution in [2.75, 3.05) is 11.4 Å². The Kier molecular flexibility index (Phi) is 3.67. The molecule has 3 nitrogen and oxygen atoms in total. The van der Waals surface area contributed by atoms with Crippen molar-refractivity contribution in [3.63, 3.8) is 0 Å². The second-order valence-electron chi connectivity index (χ2n) is 5.32. The summed E-state index contributed by atoms with van der Waals surface area (Å²) in [6.07, 6.45) is 0.0908. The number of benzene rings is 2. The number of Topliss-reactive ketones (excluding diaryl/α,β-unsaturated/α-hetero) is 1. The van der Waals surface area contributed by atoms with E-state index in [1.807, 2.05) is 0 Å². The fraction of sp³-hybridized carbons (Fsp3) is 0.176. The number of carbonyl (C=O) groups excluding carboxylic acids is 2. The first-order chi connectivity index (χ1) is 10.9. The minimum atomic E-state index is -1.69. The van der Waals surface area contributed by atoms with E-state index in [-0.39, 0.29) is 18.7 Å². The first kappa shape index (κ1) is 15.3. The molecular weight excluding hydrogens is 307 g/mol. The van der Waals surface area contributed by atoms with Gasteiger partial charge in [-0.25, -0.2) is 13.2 Å². The van der Waals surface area contributed by atoms with Crippen LogP contribution in [0.15, 0.2) is 30.3 Å². The highest BCUT2D eigenvalue weighted by atomic mass is 19.2. The quantitative estimate of drug-likeness (QED) is 0.753. The van der Waals surface area contributed by atoms with Crippen molar-refractivity contribution >= 4 is 17.4 Å². The van der Waals surface area contributed by atoms with Gasteiger partial charge in [0.1, 0.15) is 0 Å². The summed E-state index contributed by atoms with van der Waals surface area (Å²) >= 11 is 0. The fourth-order valence-corrected chi connectivity index (χ4v) is 2.74. The Hall–Kier alpha value is -2.63. The molecule has 23 heavy (non-hydrogen) atoms. The highest BCUT2D eigenvalue weighted by molar-refractivity contribution is 6.14. The van der Waals surface area contributed by atoms with Crippen molar-refractivity contribution in [1.82, 2.24) is 0 Å². The SMILES string of the molecule is Cc1cccc2c1N(C(=O)c1ccc(F)c(F)c1F)CCC2=O. The number of fused-ring (bicyclic) bond motifs is 1. The topological polar surface area (TPSA) is 37.4 Å². The molecule has 0 atom stereocenters. The van der Waals surface area contributed by atoms with E-state index in [2.05, 4.69) is 0 Å². The normalized spacial score (nSPS) is 13.9. The number of halogens is 3. The van der Waals surface area contributed by atoms with Gasteiger partial charge in [0.25, 0.3) is 5.91 Å². The Labute approximate surface area is 130 Å². The van der Waals surface area contributed by atoms with Gasteiger partial charge < -0.3 is 4.90 Å². The molecule has 0 aliphatic carbocycles. The molecule has 0 saturated heterocycles. The Balaban J connectivity index is 2.11. The van der Waals surface area contributed by atoms with E-state index in [1.165, 1.54) is 4.90 Å². The number of hydrogen-bond donors (Lipinski definition) is 0. The number of hydrogen-bond acceptors (Lipinski definition) is 2. The van der Waals surface area contributed by atoms with E-state index >= 15 is 0 Å². The highest BCUT2D eigenvalue weighted by Crippen LogP contribution is 2.32. The van der Waals surface area contributed by atoms with Crippen molar-refractivity contribution in [3.05, 3.63) is 64.5 Å². The molecule has 1 amide bonds. The molecule has 118 valence electrons. The largest absolute Gasteiger partial charge is 0.307 e. The molecule has 2 aromatic rings. The molecule has 0 unspecified atom stereocenters. The lowest BCUT2D eigenvalue weighted by atomic mass is 9.96. The zero-order valence-electron chi connectivity index (χ0n) is 12.2. The number of amides is 1. The summed E-state index contributed by atoms with van der Waals surface area (Å²) in [5.41, 5.74) is 0.866. The molecule has 3 rings (SSSR count). The average Bonchev–Trinajstić information content (AvgIpc) is 2.53. The van der Waals surface area contributed by atoms with Crippen LogP contribution in [0.25, 0.3) is 0 Å². The van der Waals surface area contributed by atoms with Crippen molar-refractivity contribution in [2.24, 2.45) is 0 Å². The van der Waals surface area contributed by atoms with E-state index in [0.717, 1.165) is 6.07 Å². The summed E-state index contributed by atoms with van der Waals surface area (Å²) in [7, 11) is 0. The standard InChI is InChI=1S/C17H12F3NO2/c1-9-3-2-4-10-13(22)7-8-21(16(9)10)17(23)11-5-6-12(18)15(20)14(11)19/h2-6H,7-8H2,1H3. The monoisotopic (exact) mass is 319 g/mol. The van der Waals surface area contributed by atoms with Crippen LogP contribution in [-0.2, 0) is 0 Å². The maximum atomic E-state index is 13.9. The summed E-state index contributed by atoms with van der Waals surface area (Å²) < 4.78 is 40.3. The van der Waals surface area contributed by atoms with Crippen LogP contribution in [0.4, 0.5) is 18.9 Å². The van der Waals surface area contributed by atoms with Crippen LogP contribution in [0.3, 0.4) is 0 Å². The Bertz CT molecular complexity index is 833. The number of ketones is 1. The van der Waals surface area contributed by atoms with Crippen LogP contribution >= 0.6 is 0 Å². The van der Waals surface area contributed by atoms with E-state index in [1.54, 1.807) is 25.1 Å². The first-order valence-corrected chi connectivity index (χ1v) is 7.00. The predicted octanol–water partition coefficient (Wildman–Crippen LogP) is 3.65. The Morgan fingerprint density at radius 1 is 1.09 bits per heavy atom. The number of rotatable bonds is 1. The third-order valence-electron chi connectivity index (χ3n) is 3.88. The van der Waals surface area contributed by atoms with Gasteiger partial charge in [-0.05, 0) is 30.7 Å². The van der Waals surface area contributed by atoms with Crippen molar-refractivity contribution in [1.29, 1.82) is 0 Å². The molecule has 0 bridgehead atoms. The van der Waals surface area contributed by atoms with Crippen molar-refractivity contribution in [3.8, 4) is 0 Å². The van der Waals surface area contributed by atoms with Crippen LogP contribution < -0.4 is 4.90 Å².